The number of nitrogens with zero attached hydrogens (tertiary/aromatic N) is 3. The predicted molar refractivity (Wildman–Crippen MR) is 104 cm³/mol. The summed E-state index contributed by atoms with van der Waals surface area (Å²) in [6.07, 6.45) is 11.1. The van der Waals surface area contributed by atoms with Crippen LogP contribution >= 0.6 is 0 Å². The van der Waals surface area contributed by atoms with E-state index in [4.69, 9.17) is 4.84 Å². The Morgan fingerprint density at radius 2 is 2.11 bits per heavy atom. The molecular formula is C21H28N4O3. The molecule has 3 aliphatic rings. The highest BCUT2D eigenvalue weighted by atomic mass is 16.7. The molecule has 7 heteroatoms. The van der Waals surface area contributed by atoms with E-state index in [-0.39, 0.29) is 17.7 Å². The quantitative estimate of drug-likeness (QED) is 0.864. The Bertz CT molecular complexity index is 745. The molecule has 1 saturated carbocycles. The van der Waals surface area contributed by atoms with Crippen molar-refractivity contribution >= 4 is 17.5 Å². The molecule has 3 heterocycles. The fourth-order valence-corrected chi connectivity index (χ4v) is 4.54. The van der Waals surface area contributed by atoms with Gasteiger partial charge in [0.1, 0.15) is 5.71 Å². The highest BCUT2D eigenvalue weighted by Gasteiger charge is 2.46. The summed E-state index contributed by atoms with van der Waals surface area (Å²) in [5, 5.41) is 6.96. The summed E-state index contributed by atoms with van der Waals surface area (Å²) in [5.41, 5.74) is 0.812. The maximum atomic E-state index is 12.9. The van der Waals surface area contributed by atoms with Gasteiger partial charge in [0, 0.05) is 37.8 Å². The van der Waals surface area contributed by atoms with Crippen LogP contribution in [-0.2, 0) is 21.0 Å². The van der Waals surface area contributed by atoms with Crippen molar-refractivity contribution in [1.82, 2.24) is 15.2 Å². The average molecular weight is 384 g/mol. The number of aromatic nitrogens is 1. The van der Waals surface area contributed by atoms with E-state index in [9.17, 15) is 9.59 Å². The molecular weight excluding hydrogens is 356 g/mol. The van der Waals surface area contributed by atoms with Crippen molar-refractivity contribution in [3.63, 3.8) is 0 Å². The van der Waals surface area contributed by atoms with Gasteiger partial charge >= 0.3 is 0 Å². The van der Waals surface area contributed by atoms with E-state index in [1.807, 2.05) is 17.0 Å². The van der Waals surface area contributed by atoms with Gasteiger partial charge in [-0.25, -0.2) is 0 Å². The molecule has 0 aromatic carbocycles. The number of likely N-dealkylation sites (tertiary alicyclic amines) is 1. The molecule has 1 atom stereocenters. The number of hydrogen-bond acceptors (Lipinski definition) is 5. The van der Waals surface area contributed by atoms with Gasteiger partial charge in [-0.1, -0.05) is 30.5 Å². The maximum Gasteiger partial charge on any atom is 0.269 e. The number of pyridine rings is 1. The average Bonchev–Trinajstić information content (AvgIpc) is 3.16. The predicted octanol–water partition coefficient (Wildman–Crippen LogP) is 2.42. The lowest BCUT2D eigenvalue weighted by Crippen LogP contribution is -2.52. The van der Waals surface area contributed by atoms with Crippen molar-refractivity contribution < 1.29 is 14.4 Å². The highest BCUT2D eigenvalue weighted by Crippen LogP contribution is 2.35. The van der Waals surface area contributed by atoms with E-state index in [1.54, 1.807) is 12.4 Å². The first-order valence-electron chi connectivity index (χ1n) is 10.4. The van der Waals surface area contributed by atoms with Gasteiger partial charge in [-0.05, 0) is 37.3 Å². The van der Waals surface area contributed by atoms with E-state index >= 15 is 0 Å². The summed E-state index contributed by atoms with van der Waals surface area (Å²) in [4.78, 5) is 37.2. The van der Waals surface area contributed by atoms with Gasteiger partial charge in [-0.3, -0.25) is 14.6 Å². The van der Waals surface area contributed by atoms with Crippen LogP contribution in [0.25, 0.3) is 0 Å². The molecule has 7 nitrogen and oxygen atoms in total. The first-order valence-corrected chi connectivity index (χ1v) is 10.4. The van der Waals surface area contributed by atoms with Gasteiger partial charge in [-0.15, -0.1) is 0 Å². The Morgan fingerprint density at radius 3 is 2.89 bits per heavy atom. The Morgan fingerprint density at radius 1 is 1.25 bits per heavy atom. The van der Waals surface area contributed by atoms with E-state index in [0.29, 0.717) is 25.2 Å². The largest absolute Gasteiger partial charge is 0.386 e. The van der Waals surface area contributed by atoms with Crippen LogP contribution in [0.15, 0.2) is 29.7 Å². The first kappa shape index (κ1) is 18.9. The number of piperidine rings is 1. The van der Waals surface area contributed by atoms with E-state index in [1.165, 1.54) is 6.42 Å². The Kier molecular flexibility index (Phi) is 5.59. The van der Waals surface area contributed by atoms with Crippen LogP contribution in [0.5, 0.6) is 0 Å². The Balaban J connectivity index is 1.32. The number of amides is 2. The lowest BCUT2D eigenvalue weighted by Gasteiger charge is -2.40. The first-order chi connectivity index (χ1) is 13.7. The van der Waals surface area contributed by atoms with Crippen molar-refractivity contribution in [1.29, 1.82) is 0 Å². The molecule has 2 fully saturated rings. The zero-order valence-corrected chi connectivity index (χ0v) is 16.2. The van der Waals surface area contributed by atoms with E-state index in [2.05, 4.69) is 15.5 Å². The second-order valence-electron chi connectivity index (χ2n) is 8.23. The molecule has 1 aromatic heterocycles. The second-order valence-corrected chi connectivity index (χ2v) is 8.23. The molecule has 1 N–H and O–H groups in total. The molecule has 4 rings (SSSR count). The summed E-state index contributed by atoms with van der Waals surface area (Å²) in [6.45, 7) is 1.72. The second kappa shape index (κ2) is 8.29. The van der Waals surface area contributed by atoms with Gasteiger partial charge in [0.05, 0.1) is 6.54 Å². The third-order valence-electron chi connectivity index (χ3n) is 6.08. The van der Waals surface area contributed by atoms with Crippen molar-refractivity contribution in [2.24, 2.45) is 11.1 Å². The summed E-state index contributed by atoms with van der Waals surface area (Å²) in [7, 11) is 0. The number of nitrogens with one attached hydrogen (secondary N) is 1. The lowest BCUT2D eigenvalue weighted by atomic mass is 9.85. The van der Waals surface area contributed by atoms with Crippen molar-refractivity contribution in [2.75, 3.05) is 13.1 Å². The van der Waals surface area contributed by atoms with Crippen molar-refractivity contribution in [2.45, 2.75) is 63.5 Å². The fraction of sp³-hybridized carbons (Fsp3) is 0.619. The molecule has 1 aliphatic carbocycles. The smallest absolute Gasteiger partial charge is 0.269 e. The fourth-order valence-electron chi connectivity index (χ4n) is 4.54. The van der Waals surface area contributed by atoms with Crippen molar-refractivity contribution in [3.05, 3.63) is 30.1 Å². The molecule has 2 amide bonds. The van der Waals surface area contributed by atoms with Crippen LogP contribution in [0.4, 0.5) is 0 Å². The van der Waals surface area contributed by atoms with Gasteiger partial charge in [0.25, 0.3) is 5.91 Å². The van der Waals surface area contributed by atoms with Crippen LogP contribution in [0.1, 0.15) is 56.9 Å². The molecule has 0 bridgehead atoms. The topological polar surface area (TPSA) is 83.9 Å². The van der Waals surface area contributed by atoms with Crippen LogP contribution in [0, 0.1) is 5.92 Å². The third kappa shape index (κ3) is 4.18. The lowest BCUT2D eigenvalue weighted by molar-refractivity contribution is -0.145. The summed E-state index contributed by atoms with van der Waals surface area (Å²) in [5.74, 6) is 0.210. The Labute approximate surface area is 165 Å². The Hall–Kier alpha value is -2.44. The standard InChI is InChI=1S/C21H28N4O3/c26-19(23-14-16-6-4-10-22-13-16)18-12-21(28-24-18)9-5-11-25(15-21)20(27)17-7-2-1-3-8-17/h4,6,10,13,17H,1-3,5,7-9,11-12,14-15H2,(H,23,26). The summed E-state index contributed by atoms with van der Waals surface area (Å²) < 4.78 is 0. The zero-order valence-electron chi connectivity index (χ0n) is 16.2. The molecule has 1 unspecified atom stereocenters. The maximum absolute atomic E-state index is 12.9. The van der Waals surface area contributed by atoms with Crippen LogP contribution in [0.2, 0.25) is 0 Å². The molecule has 1 aromatic rings. The van der Waals surface area contributed by atoms with Gasteiger partial charge in [0.15, 0.2) is 5.60 Å². The van der Waals surface area contributed by atoms with Gasteiger partial charge in [0.2, 0.25) is 5.91 Å². The van der Waals surface area contributed by atoms with Crippen LogP contribution in [0.3, 0.4) is 0 Å². The zero-order chi connectivity index (χ0) is 19.4. The van der Waals surface area contributed by atoms with Crippen LogP contribution < -0.4 is 5.32 Å². The van der Waals surface area contributed by atoms with E-state index in [0.717, 1.165) is 50.6 Å². The molecule has 0 radical (unpaired) electrons. The SMILES string of the molecule is O=C(NCc1cccnc1)C1=NOC2(CCCN(C(=O)C3CCCCC3)C2)C1. The van der Waals surface area contributed by atoms with Gasteiger partial charge < -0.3 is 15.1 Å². The van der Waals surface area contributed by atoms with Crippen LogP contribution in [-0.4, -0.2) is 46.1 Å². The molecule has 1 saturated heterocycles. The number of carbonyl (C=O) groups is 2. The molecule has 2 aliphatic heterocycles. The summed E-state index contributed by atoms with van der Waals surface area (Å²) >= 11 is 0. The highest BCUT2D eigenvalue weighted by molar-refractivity contribution is 6.39. The molecule has 1 spiro atoms. The summed E-state index contributed by atoms with van der Waals surface area (Å²) in [6, 6.07) is 3.75. The number of hydrogen-bond donors (Lipinski definition) is 1. The number of rotatable bonds is 4. The number of carbonyl (C=O) groups excluding carboxylic acids is 2. The monoisotopic (exact) mass is 384 g/mol. The van der Waals surface area contributed by atoms with E-state index < -0.39 is 5.60 Å². The molecule has 28 heavy (non-hydrogen) atoms. The normalized spacial score (nSPS) is 25.3. The minimum atomic E-state index is -0.538. The van der Waals surface area contributed by atoms with Crippen molar-refractivity contribution in [3.8, 4) is 0 Å². The minimum Gasteiger partial charge on any atom is -0.386 e. The third-order valence-corrected chi connectivity index (χ3v) is 6.08. The number of oxime groups is 1. The molecule has 150 valence electrons. The van der Waals surface area contributed by atoms with Gasteiger partial charge in [-0.2, -0.15) is 0 Å². The minimum absolute atomic E-state index is 0.161.